The minimum atomic E-state index is -0.281. The molecule has 0 bridgehead atoms. The topological polar surface area (TPSA) is 91.2 Å². The van der Waals surface area contributed by atoms with Gasteiger partial charge in [-0.15, -0.1) is 0 Å². The quantitative estimate of drug-likeness (QED) is 0.734. The Hall–Kier alpha value is -3.68. The van der Waals surface area contributed by atoms with Crippen molar-refractivity contribution in [1.82, 2.24) is 19.5 Å². The monoisotopic (exact) mass is 335 g/mol. The summed E-state index contributed by atoms with van der Waals surface area (Å²) in [5, 5.41) is 2.71. The molecule has 8 heteroatoms. The zero-order valence-corrected chi connectivity index (χ0v) is 13.0. The van der Waals surface area contributed by atoms with Crippen LogP contribution in [0.5, 0.6) is 11.5 Å². The molecule has 0 fully saturated rings. The van der Waals surface area contributed by atoms with E-state index in [2.05, 4.69) is 20.3 Å². The third kappa shape index (κ3) is 3.32. The number of nitrogens with one attached hydrogen (secondary N) is 1. The molecule has 1 aromatic carbocycles. The molecular weight excluding hydrogens is 322 g/mol. The minimum absolute atomic E-state index is 0.220. The lowest BCUT2D eigenvalue weighted by atomic mass is 10.2. The molecule has 1 aliphatic heterocycles. The molecule has 0 atom stereocenters. The van der Waals surface area contributed by atoms with Crippen LogP contribution in [0, 0.1) is 0 Å². The number of carbonyl (C=O) groups is 1. The summed E-state index contributed by atoms with van der Waals surface area (Å²) in [5.41, 5.74) is 1.34. The van der Waals surface area contributed by atoms with Gasteiger partial charge in [-0.05, 0) is 23.8 Å². The SMILES string of the molecule is O=C(/C=C/c1ccc2c(c1)OCO2)Nc1cnc(-n2ccnc2)nc1. The van der Waals surface area contributed by atoms with Gasteiger partial charge in [0.2, 0.25) is 18.6 Å². The summed E-state index contributed by atoms with van der Waals surface area (Å²) in [5.74, 6) is 1.57. The predicted molar refractivity (Wildman–Crippen MR) is 89.4 cm³/mol. The van der Waals surface area contributed by atoms with Gasteiger partial charge in [0.15, 0.2) is 11.5 Å². The molecule has 2 aromatic heterocycles. The Morgan fingerprint density at radius 2 is 2.04 bits per heavy atom. The van der Waals surface area contributed by atoms with E-state index in [1.165, 1.54) is 18.5 Å². The second-order valence-electron chi connectivity index (χ2n) is 5.18. The first-order valence-electron chi connectivity index (χ1n) is 7.47. The van der Waals surface area contributed by atoms with Crippen molar-refractivity contribution in [2.45, 2.75) is 0 Å². The highest BCUT2D eigenvalue weighted by molar-refractivity contribution is 6.01. The first-order valence-corrected chi connectivity index (χ1v) is 7.47. The van der Waals surface area contributed by atoms with Gasteiger partial charge in [0.1, 0.15) is 6.33 Å². The molecule has 0 unspecified atom stereocenters. The predicted octanol–water partition coefficient (Wildman–Crippen LogP) is 2.04. The van der Waals surface area contributed by atoms with Gasteiger partial charge in [0.25, 0.3) is 0 Å². The van der Waals surface area contributed by atoms with Crippen LogP contribution in [-0.4, -0.2) is 32.2 Å². The molecule has 4 rings (SSSR count). The number of anilines is 1. The second-order valence-corrected chi connectivity index (χ2v) is 5.18. The summed E-state index contributed by atoms with van der Waals surface area (Å²) in [7, 11) is 0. The highest BCUT2D eigenvalue weighted by atomic mass is 16.7. The first kappa shape index (κ1) is 14.9. The third-order valence-electron chi connectivity index (χ3n) is 3.46. The number of nitrogens with zero attached hydrogens (tertiary/aromatic N) is 4. The molecule has 8 nitrogen and oxygen atoms in total. The van der Waals surface area contributed by atoms with E-state index >= 15 is 0 Å². The summed E-state index contributed by atoms with van der Waals surface area (Å²) in [4.78, 5) is 24.3. The van der Waals surface area contributed by atoms with Gasteiger partial charge in [-0.3, -0.25) is 9.36 Å². The third-order valence-corrected chi connectivity index (χ3v) is 3.46. The lowest BCUT2D eigenvalue weighted by Crippen LogP contribution is -2.09. The summed E-state index contributed by atoms with van der Waals surface area (Å²) in [6.45, 7) is 0.220. The normalized spacial score (nSPS) is 12.5. The average Bonchev–Trinajstić information content (AvgIpc) is 3.32. The number of aromatic nitrogens is 4. The van der Waals surface area contributed by atoms with Crippen molar-refractivity contribution in [3.63, 3.8) is 0 Å². The Balaban J connectivity index is 1.40. The highest BCUT2D eigenvalue weighted by Crippen LogP contribution is 2.32. The second kappa shape index (κ2) is 6.44. The average molecular weight is 335 g/mol. The molecule has 0 radical (unpaired) electrons. The zero-order valence-electron chi connectivity index (χ0n) is 13.0. The van der Waals surface area contributed by atoms with Crippen molar-refractivity contribution in [2.75, 3.05) is 12.1 Å². The van der Waals surface area contributed by atoms with Gasteiger partial charge in [-0.2, -0.15) is 0 Å². The molecular formula is C17H13N5O3. The van der Waals surface area contributed by atoms with Crippen LogP contribution in [0.25, 0.3) is 12.0 Å². The molecule has 0 spiro atoms. The maximum absolute atomic E-state index is 12.0. The molecule has 0 saturated carbocycles. The molecule has 3 heterocycles. The van der Waals surface area contributed by atoms with Gasteiger partial charge in [0.05, 0.1) is 18.1 Å². The summed E-state index contributed by atoms with van der Waals surface area (Å²) >= 11 is 0. The van der Waals surface area contributed by atoms with Crippen molar-refractivity contribution in [2.24, 2.45) is 0 Å². The van der Waals surface area contributed by atoms with Crippen molar-refractivity contribution in [3.05, 3.63) is 61.0 Å². The Morgan fingerprint density at radius 1 is 1.20 bits per heavy atom. The van der Waals surface area contributed by atoms with Gasteiger partial charge >= 0.3 is 0 Å². The maximum atomic E-state index is 12.0. The van der Waals surface area contributed by atoms with Crippen molar-refractivity contribution >= 4 is 17.7 Å². The molecule has 25 heavy (non-hydrogen) atoms. The smallest absolute Gasteiger partial charge is 0.248 e. The van der Waals surface area contributed by atoms with Crippen LogP contribution in [0.15, 0.2) is 55.4 Å². The Morgan fingerprint density at radius 3 is 2.84 bits per heavy atom. The molecule has 0 aliphatic carbocycles. The van der Waals surface area contributed by atoms with E-state index in [1.54, 1.807) is 29.4 Å². The number of imidazole rings is 1. The Kier molecular flexibility index (Phi) is 3.83. The van der Waals surface area contributed by atoms with E-state index in [0.717, 1.165) is 5.56 Å². The lowest BCUT2D eigenvalue weighted by Gasteiger charge is -2.03. The van der Waals surface area contributed by atoms with Crippen LogP contribution in [0.3, 0.4) is 0 Å². The van der Waals surface area contributed by atoms with Gasteiger partial charge in [0, 0.05) is 18.5 Å². The molecule has 124 valence electrons. The standard InChI is InChI=1S/C17H13N5O3/c23-16(4-2-12-1-3-14-15(7-12)25-11-24-14)21-13-8-19-17(20-9-13)22-6-5-18-10-22/h1-10H,11H2,(H,21,23)/b4-2+. The van der Waals surface area contributed by atoms with E-state index < -0.39 is 0 Å². The highest BCUT2D eigenvalue weighted by Gasteiger charge is 2.12. The molecule has 1 amide bonds. The van der Waals surface area contributed by atoms with Crippen molar-refractivity contribution in [3.8, 4) is 17.4 Å². The molecule has 1 N–H and O–H groups in total. The fraction of sp³-hybridized carbons (Fsp3) is 0.0588. The van der Waals surface area contributed by atoms with Gasteiger partial charge in [-0.1, -0.05) is 6.07 Å². The van der Waals surface area contributed by atoms with E-state index in [1.807, 2.05) is 18.2 Å². The van der Waals surface area contributed by atoms with Crippen molar-refractivity contribution < 1.29 is 14.3 Å². The van der Waals surface area contributed by atoms with E-state index in [-0.39, 0.29) is 12.7 Å². The lowest BCUT2D eigenvalue weighted by molar-refractivity contribution is -0.111. The maximum Gasteiger partial charge on any atom is 0.248 e. The number of hydrogen-bond acceptors (Lipinski definition) is 6. The Labute approximate surface area is 142 Å². The van der Waals surface area contributed by atoms with Crippen molar-refractivity contribution in [1.29, 1.82) is 0 Å². The summed E-state index contributed by atoms with van der Waals surface area (Å²) in [6.07, 6.45) is 11.2. The van der Waals surface area contributed by atoms with E-state index in [0.29, 0.717) is 23.1 Å². The fourth-order valence-electron chi connectivity index (χ4n) is 2.27. The Bertz CT molecular complexity index is 920. The van der Waals surface area contributed by atoms with Crippen LogP contribution in [-0.2, 0) is 4.79 Å². The zero-order chi connectivity index (χ0) is 17.1. The van der Waals surface area contributed by atoms with Crippen LogP contribution in [0.2, 0.25) is 0 Å². The summed E-state index contributed by atoms with van der Waals surface area (Å²) in [6, 6.07) is 5.47. The van der Waals surface area contributed by atoms with Gasteiger partial charge < -0.3 is 14.8 Å². The molecule has 3 aromatic rings. The van der Waals surface area contributed by atoms with Crippen LogP contribution >= 0.6 is 0 Å². The number of carbonyl (C=O) groups excluding carboxylic acids is 1. The number of benzene rings is 1. The van der Waals surface area contributed by atoms with Crippen LogP contribution in [0.1, 0.15) is 5.56 Å². The largest absolute Gasteiger partial charge is 0.454 e. The van der Waals surface area contributed by atoms with Crippen LogP contribution < -0.4 is 14.8 Å². The first-order chi connectivity index (χ1) is 12.3. The number of amides is 1. The summed E-state index contributed by atoms with van der Waals surface area (Å²) < 4.78 is 12.2. The minimum Gasteiger partial charge on any atom is -0.454 e. The number of ether oxygens (including phenoxy) is 2. The van der Waals surface area contributed by atoms with E-state index in [9.17, 15) is 4.79 Å². The van der Waals surface area contributed by atoms with Crippen LogP contribution in [0.4, 0.5) is 5.69 Å². The fourth-order valence-corrected chi connectivity index (χ4v) is 2.27. The molecule has 0 saturated heterocycles. The number of fused-ring (bicyclic) bond motifs is 1. The van der Waals surface area contributed by atoms with Gasteiger partial charge in [-0.25, -0.2) is 15.0 Å². The van der Waals surface area contributed by atoms with E-state index in [4.69, 9.17) is 9.47 Å². The molecule has 1 aliphatic rings. The number of rotatable bonds is 4. The number of hydrogen-bond donors (Lipinski definition) is 1.